The number of piperidine rings is 1. The lowest BCUT2D eigenvalue weighted by molar-refractivity contribution is -0.143. The molecule has 0 spiro atoms. The Morgan fingerprint density at radius 2 is 1.49 bits per heavy atom. The highest BCUT2D eigenvalue weighted by molar-refractivity contribution is 5.95. The van der Waals surface area contributed by atoms with Crippen LogP contribution < -0.4 is 0 Å². The molecule has 12 heteroatoms. The number of carbonyl (C=O) groups excluding carboxylic acids is 1. The summed E-state index contributed by atoms with van der Waals surface area (Å²) in [6.45, 7) is 4.26. The first-order chi connectivity index (χ1) is 21.4. The van der Waals surface area contributed by atoms with Crippen molar-refractivity contribution >= 4 is 11.6 Å². The maximum absolute atomic E-state index is 13.7. The number of hydrogen-bond donors (Lipinski definition) is 0. The molecule has 6 nitrogen and oxygen atoms in total. The van der Waals surface area contributed by atoms with Gasteiger partial charge in [-0.15, -0.1) is 0 Å². The Hall–Kier alpha value is -3.90. The molecule has 0 N–H and O–H groups in total. The van der Waals surface area contributed by atoms with Gasteiger partial charge in [0.15, 0.2) is 0 Å². The maximum Gasteiger partial charge on any atom is 0.416 e. The Balaban J connectivity index is 1.17. The zero-order valence-electron chi connectivity index (χ0n) is 24.4. The fourth-order valence-corrected chi connectivity index (χ4v) is 6.53. The number of amides is 1. The van der Waals surface area contributed by atoms with Gasteiger partial charge in [0.25, 0.3) is 5.91 Å². The number of likely N-dealkylation sites (tertiary alicyclic amines) is 1. The van der Waals surface area contributed by atoms with E-state index in [4.69, 9.17) is 4.98 Å². The van der Waals surface area contributed by atoms with Gasteiger partial charge in [0.05, 0.1) is 16.8 Å². The molecule has 0 radical (unpaired) electrons. The minimum atomic E-state index is -5.03. The highest BCUT2D eigenvalue weighted by Gasteiger charge is 2.40. The Kier molecular flexibility index (Phi) is 8.62. The number of aromatic nitrogens is 2. The van der Waals surface area contributed by atoms with Crippen molar-refractivity contribution in [1.82, 2.24) is 24.1 Å². The van der Waals surface area contributed by atoms with E-state index in [9.17, 15) is 31.1 Å². The van der Waals surface area contributed by atoms with E-state index in [1.54, 1.807) is 0 Å². The molecule has 238 valence electrons. The van der Waals surface area contributed by atoms with Crippen LogP contribution in [0.5, 0.6) is 0 Å². The lowest BCUT2D eigenvalue weighted by atomic mass is 9.90. The molecule has 2 unspecified atom stereocenters. The van der Waals surface area contributed by atoms with Crippen LogP contribution in [-0.4, -0.2) is 74.8 Å². The Morgan fingerprint density at radius 1 is 0.822 bits per heavy atom. The number of pyridine rings is 1. The maximum atomic E-state index is 13.7. The van der Waals surface area contributed by atoms with Crippen LogP contribution in [0, 0.1) is 0 Å². The van der Waals surface area contributed by atoms with Gasteiger partial charge < -0.3 is 9.30 Å². The number of rotatable bonds is 6. The molecule has 2 aromatic carbocycles. The molecule has 1 amide bonds. The van der Waals surface area contributed by atoms with Crippen molar-refractivity contribution in [2.45, 2.75) is 50.2 Å². The van der Waals surface area contributed by atoms with E-state index in [1.165, 1.54) is 4.90 Å². The molecule has 2 aliphatic heterocycles. The van der Waals surface area contributed by atoms with E-state index in [0.29, 0.717) is 31.4 Å². The zero-order valence-corrected chi connectivity index (χ0v) is 24.4. The van der Waals surface area contributed by atoms with Gasteiger partial charge in [-0.2, -0.15) is 26.3 Å². The summed E-state index contributed by atoms with van der Waals surface area (Å²) in [5.41, 5.74) is -0.745. The largest absolute Gasteiger partial charge is 0.416 e. The number of carbonyl (C=O) groups is 1. The van der Waals surface area contributed by atoms with Crippen molar-refractivity contribution in [2.24, 2.45) is 0 Å². The summed E-state index contributed by atoms with van der Waals surface area (Å²) >= 11 is 0. The van der Waals surface area contributed by atoms with Crippen LogP contribution in [-0.2, 0) is 25.3 Å². The molecule has 2 fully saturated rings. The Bertz CT molecular complexity index is 1560. The summed E-state index contributed by atoms with van der Waals surface area (Å²) in [7, 11) is 0. The Labute approximate surface area is 256 Å². The number of fused-ring (bicyclic) bond motifs is 1. The topological polar surface area (TPSA) is 44.1 Å². The number of hydrogen-bond acceptors (Lipinski definition) is 4. The van der Waals surface area contributed by atoms with Crippen molar-refractivity contribution in [3.63, 3.8) is 0 Å². The standard InChI is InChI=1S/C33H33F6N5O/c34-32(35,36)25-17-24(18-26(19-25)33(37,38)39)31(45)44-11-9-28(20-29(44)16-23-6-2-1-3-7-23)42-14-12-41(13-15-42)21-27-22-43-10-5-4-8-30(43)40-27/h1-8,10,17-19,22,28-29H,9,11-16,20-21H2. The summed E-state index contributed by atoms with van der Waals surface area (Å²) in [6.07, 6.45) is -4.46. The zero-order chi connectivity index (χ0) is 31.8. The minimum Gasteiger partial charge on any atom is -0.335 e. The Morgan fingerprint density at radius 3 is 2.13 bits per heavy atom. The molecule has 2 aromatic heterocycles. The third-order valence-electron chi connectivity index (χ3n) is 8.82. The molecular formula is C33H33F6N5O. The van der Waals surface area contributed by atoms with Gasteiger partial charge >= 0.3 is 12.4 Å². The first-order valence-corrected chi connectivity index (χ1v) is 15.0. The van der Waals surface area contributed by atoms with Crippen LogP contribution in [0.25, 0.3) is 5.65 Å². The highest BCUT2D eigenvalue weighted by Crippen LogP contribution is 2.37. The summed E-state index contributed by atoms with van der Waals surface area (Å²) in [5.74, 6) is -0.816. The van der Waals surface area contributed by atoms with Gasteiger partial charge in [0, 0.05) is 69.3 Å². The second kappa shape index (κ2) is 12.5. The third-order valence-corrected chi connectivity index (χ3v) is 8.82. The molecule has 6 rings (SSSR count). The van der Waals surface area contributed by atoms with Gasteiger partial charge in [-0.3, -0.25) is 14.6 Å². The van der Waals surface area contributed by atoms with E-state index in [2.05, 4.69) is 9.80 Å². The fourth-order valence-electron chi connectivity index (χ4n) is 6.53. The number of nitrogens with zero attached hydrogens (tertiary/aromatic N) is 5. The second-order valence-corrected chi connectivity index (χ2v) is 11.8. The average Bonchev–Trinajstić information content (AvgIpc) is 3.43. The third kappa shape index (κ3) is 7.17. The predicted molar refractivity (Wildman–Crippen MR) is 156 cm³/mol. The number of halogens is 6. The van der Waals surface area contributed by atoms with Crippen LogP contribution in [0.15, 0.2) is 79.1 Å². The molecule has 2 atom stereocenters. The summed E-state index contributed by atoms with van der Waals surface area (Å²) < 4.78 is 83.3. The molecule has 0 aliphatic carbocycles. The lowest BCUT2D eigenvalue weighted by Gasteiger charge is -2.46. The number of alkyl halides is 6. The van der Waals surface area contributed by atoms with Gasteiger partial charge in [-0.25, -0.2) is 4.98 Å². The molecule has 0 saturated carbocycles. The van der Waals surface area contributed by atoms with Crippen LogP contribution in [0.2, 0.25) is 0 Å². The quantitative estimate of drug-likeness (QED) is 0.232. The van der Waals surface area contributed by atoms with Crippen LogP contribution >= 0.6 is 0 Å². The van der Waals surface area contributed by atoms with Crippen molar-refractivity contribution < 1.29 is 31.1 Å². The van der Waals surface area contributed by atoms with Gasteiger partial charge in [-0.1, -0.05) is 36.4 Å². The van der Waals surface area contributed by atoms with E-state index < -0.39 is 41.0 Å². The van der Waals surface area contributed by atoms with Crippen molar-refractivity contribution in [3.05, 3.63) is 107 Å². The van der Waals surface area contributed by atoms with Crippen LogP contribution in [0.3, 0.4) is 0 Å². The molecule has 2 aliphatic rings. The fraction of sp³-hybridized carbons (Fsp3) is 0.394. The second-order valence-electron chi connectivity index (χ2n) is 11.8. The minimum absolute atomic E-state index is 0.0547. The summed E-state index contributed by atoms with van der Waals surface area (Å²) in [4.78, 5) is 24.6. The smallest absolute Gasteiger partial charge is 0.335 e. The molecule has 4 heterocycles. The van der Waals surface area contributed by atoms with Crippen LogP contribution in [0.1, 0.15) is 45.6 Å². The molecule has 2 saturated heterocycles. The monoisotopic (exact) mass is 629 g/mol. The van der Waals surface area contributed by atoms with E-state index in [0.717, 1.165) is 49.6 Å². The molecule has 4 aromatic rings. The summed E-state index contributed by atoms with van der Waals surface area (Å²) in [5, 5.41) is 0. The van der Waals surface area contributed by atoms with Crippen molar-refractivity contribution in [3.8, 4) is 0 Å². The normalized spacial score (nSPS) is 20.5. The van der Waals surface area contributed by atoms with Crippen LogP contribution in [0.4, 0.5) is 26.3 Å². The van der Waals surface area contributed by atoms with Crippen molar-refractivity contribution in [2.75, 3.05) is 32.7 Å². The molecule has 0 bridgehead atoms. The van der Waals surface area contributed by atoms with Gasteiger partial charge in [0.2, 0.25) is 0 Å². The highest BCUT2D eigenvalue weighted by atomic mass is 19.4. The first kappa shape index (κ1) is 31.1. The summed E-state index contributed by atoms with van der Waals surface area (Å²) in [6, 6.07) is 16.2. The number of imidazole rings is 1. The van der Waals surface area contributed by atoms with E-state index >= 15 is 0 Å². The average molecular weight is 630 g/mol. The SMILES string of the molecule is O=C(c1cc(C(F)(F)F)cc(C(F)(F)F)c1)N1CCC(N2CCN(Cc3cn4ccccc4n3)CC2)CC1Cc1ccccc1. The van der Waals surface area contributed by atoms with Gasteiger partial charge in [-0.05, 0) is 55.2 Å². The molecular weight excluding hydrogens is 596 g/mol. The first-order valence-electron chi connectivity index (χ1n) is 15.0. The molecule has 45 heavy (non-hydrogen) atoms. The van der Waals surface area contributed by atoms with Gasteiger partial charge in [0.1, 0.15) is 5.65 Å². The number of benzene rings is 2. The lowest BCUT2D eigenvalue weighted by Crippen LogP contribution is -2.56. The predicted octanol–water partition coefficient (Wildman–Crippen LogP) is 6.41. The van der Waals surface area contributed by atoms with E-state index in [-0.39, 0.29) is 18.7 Å². The van der Waals surface area contributed by atoms with E-state index in [1.807, 2.05) is 65.3 Å². The van der Waals surface area contributed by atoms with Crippen molar-refractivity contribution in [1.29, 1.82) is 0 Å². The number of piperazine rings is 1.